The summed E-state index contributed by atoms with van der Waals surface area (Å²) < 4.78 is 4.64. The van der Waals surface area contributed by atoms with Crippen LogP contribution in [0.3, 0.4) is 0 Å². The Morgan fingerprint density at radius 2 is 2.00 bits per heavy atom. The lowest BCUT2D eigenvalue weighted by molar-refractivity contribution is -0.160. The predicted molar refractivity (Wildman–Crippen MR) is 49.6 cm³/mol. The minimum absolute atomic E-state index is 0.109. The molecule has 0 spiro atoms. The molecular weight excluding hydrogens is 184 g/mol. The van der Waals surface area contributed by atoms with E-state index in [1.54, 1.807) is 0 Å². The Morgan fingerprint density at radius 3 is 2.50 bits per heavy atom. The van der Waals surface area contributed by atoms with E-state index in [-0.39, 0.29) is 11.9 Å². The van der Waals surface area contributed by atoms with Crippen molar-refractivity contribution in [2.24, 2.45) is 17.8 Å². The summed E-state index contributed by atoms with van der Waals surface area (Å²) in [4.78, 5) is 22.3. The molecule has 0 heterocycles. The lowest BCUT2D eigenvalue weighted by Gasteiger charge is -2.31. The zero-order valence-corrected chi connectivity index (χ0v) is 8.53. The van der Waals surface area contributed by atoms with E-state index in [4.69, 9.17) is 5.11 Å². The molecule has 1 N–H and O–H groups in total. The first-order valence-electron chi connectivity index (χ1n) is 4.88. The molecular formula is C10H16O4. The lowest BCUT2D eigenvalue weighted by atomic mass is 9.73. The molecule has 0 saturated heterocycles. The van der Waals surface area contributed by atoms with Crippen LogP contribution in [0.2, 0.25) is 0 Å². The molecule has 1 saturated carbocycles. The largest absolute Gasteiger partial charge is 0.481 e. The zero-order chi connectivity index (χ0) is 10.7. The topological polar surface area (TPSA) is 63.6 Å². The molecule has 0 amide bonds. The molecule has 1 rings (SSSR count). The van der Waals surface area contributed by atoms with Gasteiger partial charge in [0.1, 0.15) is 0 Å². The quantitative estimate of drug-likeness (QED) is 0.682. The van der Waals surface area contributed by atoms with Crippen LogP contribution in [0, 0.1) is 17.8 Å². The molecule has 0 aromatic rings. The number of hydrogen-bond acceptors (Lipinski definition) is 3. The highest BCUT2D eigenvalue weighted by Crippen LogP contribution is 2.35. The van der Waals surface area contributed by atoms with Gasteiger partial charge in [-0.1, -0.05) is 13.3 Å². The van der Waals surface area contributed by atoms with Crippen molar-refractivity contribution in [2.75, 3.05) is 7.11 Å². The van der Waals surface area contributed by atoms with Crippen LogP contribution in [-0.2, 0) is 14.3 Å². The monoisotopic (exact) mass is 200 g/mol. The molecule has 4 nitrogen and oxygen atoms in total. The summed E-state index contributed by atoms with van der Waals surface area (Å²) in [7, 11) is 1.31. The van der Waals surface area contributed by atoms with Gasteiger partial charge in [0.25, 0.3) is 0 Å². The highest BCUT2D eigenvalue weighted by atomic mass is 16.5. The Balaban J connectivity index is 2.81. The normalized spacial score (nSPS) is 32.3. The molecule has 4 heteroatoms. The fourth-order valence-corrected chi connectivity index (χ4v) is 2.23. The highest BCUT2D eigenvalue weighted by molar-refractivity contribution is 5.81. The average Bonchev–Trinajstić information content (AvgIpc) is 2.16. The maximum Gasteiger partial charge on any atom is 0.309 e. The number of carboxylic acids is 1. The standard InChI is InChI=1S/C10H16O4/c1-6-4-3-5-7(9(11)12)8(6)10(13)14-2/h6-8H,3-5H2,1-2H3,(H,11,12)/t6-,7-,8+/m0/s1. The number of carbonyl (C=O) groups is 2. The van der Waals surface area contributed by atoms with Crippen molar-refractivity contribution in [3.05, 3.63) is 0 Å². The van der Waals surface area contributed by atoms with Crippen molar-refractivity contribution in [2.45, 2.75) is 26.2 Å². The van der Waals surface area contributed by atoms with Gasteiger partial charge in [0.05, 0.1) is 18.9 Å². The van der Waals surface area contributed by atoms with E-state index in [0.717, 1.165) is 12.8 Å². The summed E-state index contributed by atoms with van der Waals surface area (Å²) in [5.41, 5.74) is 0. The van der Waals surface area contributed by atoms with Crippen LogP contribution in [0.1, 0.15) is 26.2 Å². The molecule has 0 radical (unpaired) electrons. The van der Waals surface area contributed by atoms with Gasteiger partial charge < -0.3 is 9.84 Å². The summed E-state index contributed by atoms with van der Waals surface area (Å²) in [6.45, 7) is 1.91. The van der Waals surface area contributed by atoms with E-state index in [0.29, 0.717) is 6.42 Å². The van der Waals surface area contributed by atoms with Gasteiger partial charge >= 0.3 is 11.9 Å². The summed E-state index contributed by atoms with van der Waals surface area (Å²) in [5, 5.41) is 8.96. The highest BCUT2D eigenvalue weighted by Gasteiger charge is 2.40. The van der Waals surface area contributed by atoms with Gasteiger partial charge in [0.2, 0.25) is 0 Å². The van der Waals surface area contributed by atoms with Crippen molar-refractivity contribution < 1.29 is 19.4 Å². The molecule has 14 heavy (non-hydrogen) atoms. The minimum Gasteiger partial charge on any atom is -0.481 e. The molecule has 0 aliphatic heterocycles. The smallest absolute Gasteiger partial charge is 0.309 e. The van der Waals surface area contributed by atoms with Crippen molar-refractivity contribution in [3.63, 3.8) is 0 Å². The molecule has 1 aliphatic rings. The van der Waals surface area contributed by atoms with E-state index in [2.05, 4.69) is 4.74 Å². The molecule has 3 atom stereocenters. The lowest BCUT2D eigenvalue weighted by Crippen LogP contribution is -2.38. The average molecular weight is 200 g/mol. The SMILES string of the molecule is COC(=O)[C@H]1[C@@H](C(=O)O)CCC[C@@H]1C. The summed E-state index contributed by atoms with van der Waals surface area (Å²) in [6.07, 6.45) is 2.37. The number of methoxy groups -OCH3 is 1. The Hall–Kier alpha value is -1.06. The molecule has 1 aliphatic carbocycles. The minimum atomic E-state index is -0.882. The van der Waals surface area contributed by atoms with Crippen LogP contribution in [0.25, 0.3) is 0 Å². The molecule has 1 fully saturated rings. The molecule has 0 unspecified atom stereocenters. The van der Waals surface area contributed by atoms with Gasteiger partial charge in [0.15, 0.2) is 0 Å². The molecule has 0 bridgehead atoms. The van der Waals surface area contributed by atoms with Crippen LogP contribution < -0.4 is 0 Å². The zero-order valence-electron chi connectivity index (χ0n) is 8.53. The van der Waals surface area contributed by atoms with Gasteiger partial charge in [-0.2, -0.15) is 0 Å². The fourth-order valence-electron chi connectivity index (χ4n) is 2.23. The van der Waals surface area contributed by atoms with E-state index in [9.17, 15) is 9.59 Å². The van der Waals surface area contributed by atoms with E-state index in [1.165, 1.54) is 7.11 Å². The number of aliphatic carboxylic acids is 1. The molecule has 0 aromatic carbocycles. The van der Waals surface area contributed by atoms with Crippen LogP contribution in [-0.4, -0.2) is 24.2 Å². The third-order valence-corrected chi connectivity index (χ3v) is 3.01. The Kier molecular flexibility index (Phi) is 3.49. The van der Waals surface area contributed by atoms with Gasteiger partial charge in [0, 0.05) is 0 Å². The Morgan fingerprint density at radius 1 is 1.36 bits per heavy atom. The maximum atomic E-state index is 11.4. The maximum absolute atomic E-state index is 11.4. The Labute approximate surface area is 83.2 Å². The van der Waals surface area contributed by atoms with Crippen molar-refractivity contribution in [1.82, 2.24) is 0 Å². The van der Waals surface area contributed by atoms with Gasteiger partial charge in [-0.15, -0.1) is 0 Å². The van der Waals surface area contributed by atoms with Crippen molar-refractivity contribution in [1.29, 1.82) is 0 Å². The first-order valence-corrected chi connectivity index (χ1v) is 4.88. The molecule has 0 aromatic heterocycles. The second kappa shape index (κ2) is 4.44. The summed E-state index contributed by atoms with van der Waals surface area (Å²) in [5.74, 6) is -2.19. The first kappa shape index (κ1) is 11.0. The van der Waals surface area contributed by atoms with Crippen LogP contribution in [0.4, 0.5) is 0 Å². The van der Waals surface area contributed by atoms with Crippen molar-refractivity contribution >= 4 is 11.9 Å². The third kappa shape index (κ3) is 2.05. The van der Waals surface area contributed by atoms with Crippen LogP contribution >= 0.6 is 0 Å². The second-order valence-corrected chi connectivity index (χ2v) is 3.90. The number of rotatable bonds is 2. The Bertz CT molecular complexity index is 236. The van der Waals surface area contributed by atoms with E-state index >= 15 is 0 Å². The van der Waals surface area contributed by atoms with Crippen LogP contribution in [0.5, 0.6) is 0 Å². The van der Waals surface area contributed by atoms with Crippen LogP contribution in [0.15, 0.2) is 0 Å². The summed E-state index contributed by atoms with van der Waals surface area (Å²) >= 11 is 0. The summed E-state index contributed by atoms with van der Waals surface area (Å²) in [6, 6.07) is 0. The first-order chi connectivity index (χ1) is 6.57. The van der Waals surface area contributed by atoms with Crippen molar-refractivity contribution in [3.8, 4) is 0 Å². The fraction of sp³-hybridized carbons (Fsp3) is 0.800. The number of esters is 1. The van der Waals surface area contributed by atoms with Gasteiger partial charge in [-0.3, -0.25) is 9.59 Å². The third-order valence-electron chi connectivity index (χ3n) is 3.01. The number of hydrogen-bond donors (Lipinski definition) is 1. The number of carbonyl (C=O) groups excluding carboxylic acids is 1. The number of carboxylic acid groups (broad SMARTS) is 1. The second-order valence-electron chi connectivity index (χ2n) is 3.90. The van der Waals surface area contributed by atoms with E-state index in [1.807, 2.05) is 6.92 Å². The molecule has 80 valence electrons. The predicted octanol–water partition coefficient (Wildman–Crippen LogP) is 1.30. The van der Waals surface area contributed by atoms with Gasteiger partial charge in [-0.05, 0) is 18.8 Å². The van der Waals surface area contributed by atoms with E-state index < -0.39 is 17.8 Å². The number of ether oxygens (including phenoxy) is 1. The van der Waals surface area contributed by atoms with Gasteiger partial charge in [-0.25, -0.2) is 0 Å².